The number of amides is 2. The highest BCUT2D eigenvalue weighted by Gasteiger charge is 2.18. The van der Waals surface area contributed by atoms with Crippen molar-refractivity contribution < 1.29 is 14.3 Å². The molecule has 0 aliphatic carbocycles. The third-order valence-corrected chi connectivity index (χ3v) is 6.44. The van der Waals surface area contributed by atoms with Crippen LogP contribution in [0.3, 0.4) is 0 Å². The third kappa shape index (κ3) is 7.09. The molecule has 34 heavy (non-hydrogen) atoms. The van der Waals surface area contributed by atoms with E-state index in [1.165, 1.54) is 0 Å². The van der Waals surface area contributed by atoms with Gasteiger partial charge in [-0.1, -0.05) is 31.2 Å². The number of likely N-dealkylation sites (N-methyl/N-ethyl adjacent to an activating group) is 1. The van der Waals surface area contributed by atoms with Gasteiger partial charge in [-0.2, -0.15) is 0 Å². The van der Waals surface area contributed by atoms with Gasteiger partial charge in [-0.15, -0.1) is 0 Å². The summed E-state index contributed by atoms with van der Waals surface area (Å²) in [5, 5.41) is 6.01. The van der Waals surface area contributed by atoms with Gasteiger partial charge in [0, 0.05) is 52.4 Å². The summed E-state index contributed by atoms with van der Waals surface area (Å²) >= 11 is 0. The number of piperazine rings is 1. The van der Waals surface area contributed by atoms with Crippen LogP contribution in [0.2, 0.25) is 0 Å². The fraction of sp³-hybridized carbons (Fsp3) is 0.500. The van der Waals surface area contributed by atoms with E-state index >= 15 is 0 Å². The van der Waals surface area contributed by atoms with E-state index in [-0.39, 0.29) is 6.03 Å². The maximum absolute atomic E-state index is 12.7. The van der Waals surface area contributed by atoms with Crippen LogP contribution < -0.4 is 20.3 Å². The summed E-state index contributed by atoms with van der Waals surface area (Å²) in [7, 11) is 0. The monoisotopic (exact) mass is 467 g/mol. The van der Waals surface area contributed by atoms with Crippen LogP contribution in [0, 0.1) is 0 Å². The minimum absolute atomic E-state index is 0.210. The van der Waals surface area contributed by atoms with Gasteiger partial charge in [0.1, 0.15) is 12.4 Å². The van der Waals surface area contributed by atoms with Gasteiger partial charge < -0.3 is 29.9 Å². The van der Waals surface area contributed by atoms with E-state index in [0.717, 1.165) is 88.3 Å². The van der Waals surface area contributed by atoms with Crippen molar-refractivity contribution in [2.45, 2.75) is 13.5 Å². The van der Waals surface area contributed by atoms with Crippen molar-refractivity contribution in [2.75, 3.05) is 82.4 Å². The molecular weight excluding hydrogens is 430 g/mol. The molecule has 2 heterocycles. The Morgan fingerprint density at radius 2 is 1.76 bits per heavy atom. The number of carbonyl (C=O) groups is 1. The predicted molar refractivity (Wildman–Crippen MR) is 136 cm³/mol. The van der Waals surface area contributed by atoms with Crippen molar-refractivity contribution in [3.8, 4) is 5.75 Å². The minimum atomic E-state index is -0.210. The summed E-state index contributed by atoms with van der Waals surface area (Å²) in [6, 6.07) is 15.7. The summed E-state index contributed by atoms with van der Waals surface area (Å²) in [5.74, 6) is 0.824. The second-order valence-corrected chi connectivity index (χ2v) is 8.70. The van der Waals surface area contributed by atoms with Gasteiger partial charge in [0.05, 0.1) is 24.6 Å². The average molecular weight is 468 g/mol. The second-order valence-electron chi connectivity index (χ2n) is 8.70. The Morgan fingerprint density at radius 3 is 2.56 bits per heavy atom. The molecular formula is C26H37N5O3. The number of urea groups is 1. The molecule has 2 aliphatic rings. The van der Waals surface area contributed by atoms with Crippen LogP contribution in [0.1, 0.15) is 12.5 Å². The quantitative estimate of drug-likeness (QED) is 0.591. The first-order chi connectivity index (χ1) is 16.7. The van der Waals surface area contributed by atoms with Crippen molar-refractivity contribution in [1.29, 1.82) is 0 Å². The van der Waals surface area contributed by atoms with Gasteiger partial charge >= 0.3 is 6.03 Å². The standard InChI is InChI=1S/C26H37N5O3/c1-2-29-10-12-31(13-11-29)25-9-4-3-8-24(25)28-26(32)27-21-22-6-5-7-23(20-22)34-19-16-30-14-17-33-18-15-30/h3-9,20H,2,10-19,21H2,1H3,(H2,27,28,32). The van der Waals surface area contributed by atoms with Gasteiger partial charge in [0.2, 0.25) is 0 Å². The molecule has 0 atom stereocenters. The molecule has 0 bridgehead atoms. The molecule has 8 nitrogen and oxygen atoms in total. The highest BCUT2D eigenvalue weighted by Crippen LogP contribution is 2.26. The van der Waals surface area contributed by atoms with E-state index in [2.05, 4.69) is 38.3 Å². The lowest BCUT2D eigenvalue weighted by atomic mass is 10.2. The SMILES string of the molecule is CCN1CCN(c2ccccc2NC(=O)NCc2cccc(OCCN3CCOCC3)c2)CC1. The lowest BCUT2D eigenvalue weighted by Gasteiger charge is -2.36. The summed E-state index contributed by atoms with van der Waals surface area (Å²) in [6.07, 6.45) is 0. The van der Waals surface area contributed by atoms with E-state index in [1.54, 1.807) is 0 Å². The number of carbonyl (C=O) groups excluding carboxylic acids is 1. The van der Waals surface area contributed by atoms with Crippen LogP contribution in [-0.2, 0) is 11.3 Å². The number of morpholine rings is 1. The summed E-state index contributed by atoms with van der Waals surface area (Å²) in [4.78, 5) is 19.8. The fourth-order valence-corrected chi connectivity index (χ4v) is 4.37. The fourth-order valence-electron chi connectivity index (χ4n) is 4.37. The second kappa shape index (κ2) is 12.6. The molecule has 2 aromatic rings. The van der Waals surface area contributed by atoms with Gasteiger partial charge in [0.15, 0.2) is 0 Å². The Bertz CT molecular complexity index is 911. The topological polar surface area (TPSA) is 69.3 Å². The first-order valence-electron chi connectivity index (χ1n) is 12.3. The molecule has 4 rings (SSSR count). The number of hydrogen-bond donors (Lipinski definition) is 2. The number of ether oxygens (including phenoxy) is 2. The highest BCUT2D eigenvalue weighted by atomic mass is 16.5. The number of nitrogens with zero attached hydrogens (tertiary/aromatic N) is 3. The lowest BCUT2D eigenvalue weighted by molar-refractivity contribution is 0.0322. The number of rotatable bonds is 9. The lowest BCUT2D eigenvalue weighted by Crippen LogP contribution is -2.46. The van der Waals surface area contributed by atoms with Crippen LogP contribution in [0.4, 0.5) is 16.2 Å². The molecule has 0 spiro atoms. The molecule has 8 heteroatoms. The molecule has 2 fully saturated rings. The molecule has 0 unspecified atom stereocenters. The van der Waals surface area contributed by atoms with Crippen molar-refractivity contribution in [3.05, 3.63) is 54.1 Å². The molecule has 2 aromatic carbocycles. The van der Waals surface area contributed by atoms with Gasteiger partial charge in [-0.3, -0.25) is 4.90 Å². The van der Waals surface area contributed by atoms with E-state index in [9.17, 15) is 4.79 Å². The highest BCUT2D eigenvalue weighted by molar-refractivity contribution is 5.93. The number of nitrogens with one attached hydrogen (secondary N) is 2. The Labute approximate surface area is 202 Å². The van der Waals surface area contributed by atoms with Gasteiger partial charge in [0.25, 0.3) is 0 Å². The molecule has 0 aromatic heterocycles. The Morgan fingerprint density at radius 1 is 0.971 bits per heavy atom. The van der Waals surface area contributed by atoms with E-state index in [0.29, 0.717) is 13.2 Å². The molecule has 0 radical (unpaired) electrons. The summed E-state index contributed by atoms with van der Waals surface area (Å²) in [6.45, 7) is 12.8. The average Bonchev–Trinajstić information content (AvgIpc) is 2.89. The van der Waals surface area contributed by atoms with Crippen molar-refractivity contribution >= 4 is 17.4 Å². The van der Waals surface area contributed by atoms with Crippen LogP contribution in [0.5, 0.6) is 5.75 Å². The Kier molecular flexibility index (Phi) is 9.01. The van der Waals surface area contributed by atoms with Crippen LogP contribution >= 0.6 is 0 Å². The molecule has 2 N–H and O–H groups in total. The normalized spacial score (nSPS) is 17.4. The maximum Gasteiger partial charge on any atom is 0.319 e. The van der Waals surface area contributed by atoms with Crippen LogP contribution in [0.15, 0.2) is 48.5 Å². The largest absolute Gasteiger partial charge is 0.492 e. The van der Waals surface area contributed by atoms with Crippen molar-refractivity contribution in [2.24, 2.45) is 0 Å². The predicted octanol–water partition coefficient (Wildman–Crippen LogP) is 2.86. The molecule has 2 amide bonds. The first kappa shape index (κ1) is 24.3. The zero-order valence-electron chi connectivity index (χ0n) is 20.2. The van der Waals surface area contributed by atoms with Crippen LogP contribution in [0.25, 0.3) is 0 Å². The van der Waals surface area contributed by atoms with E-state index in [1.807, 2.05) is 42.5 Å². The van der Waals surface area contributed by atoms with Crippen LogP contribution in [-0.4, -0.2) is 88.0 Å². The zero-order valence-corrected chi connectivity index (χ0v) is 20.2. The number of hydrogen-bond acceptors (Lipinski definition) is 6. The third-order valence-electron chi connectivity index (χ3n) is 6.44. The maximum atomic E-state index is 12.7. The smallest absolute Gasteiger partial charge is 0.319 e. The Balaban J connectivity index is 1.25. The molecule has 184 valence electrons. The number of anilines is 2. The van der Waals surface area contributed by atoms with Gasteiger partial charge in [-0.05, 0) is 36.4 Å². The van der Waals surface area contributed by atoms with Crippen molar-refractivity contribution in [3.63, 3.8) is 0 Å². The van der Waals surface area contributed by atoms with Crippen molar-refractivity contribution in [1.82, 2.24) is 15.1 Å². The van der Waals surface area contributed by atoms with E-state index in [4.69, 9.17) is 9.47 Å². The summed E-state index contributed by atoms with van der Waals surface area (Å²) < 4.78 is 11.3. The zero-order chi connectivity index (χ0) is 23.6. The van der Waals surface area contributed by atoms with Gasteiger partial charge in [-0.25, -0.2) is 4.79 Å². The minimum Gasteiger partial charge on any atom is -0.492 e. The Hall–Kier alpha value is -2.81. The molecule has 2 aliphatic heterocycles. The molecule has 0 saturated carbocycles. The molecule has 2 saturated heterocycles. The first-order valence-corrected chi connectivity index (χ1v) is 12.3. The van der Waals surface area contributed by atoms with E-state index < -0.39 is 0 Å². The summed E-state index contributed by atoms with van der Waals surface area (Å²) in [5.41, 5.74) is 2.91. The number of para-hydroxylation sites is 2. The number of benzene rings is 2.